The van der Waals surface area contributed by atoms with Gasteiger partial charge in [-0.2, -0.15) is 5.26 Å². The lowest BCUT2D eigenvalue weighted by Gasteiger charge is -2.63. The van der Waals surface area contributed by atoms with Crippen LogP contribution in [0.4, 0.5) is 0 Å². The van der Waals surface area contributed by atoms with Crippen LogP contribution in [-0.2, 0) is 9.59 Å². The van der Waals surface area contributed by atoms with Crippen LogP contribution in [0.2, 0.25) is 0 Å². The van der Waals surface area contributed by atoms with E-state index < -0.39 is 5.60 Å². The van der Waals surface area contributed by atoms with Crippen molar-refractivity contribution in [1.82, 2.24) is 0 Å². The predicted molar refractivity (Wildman–Crippen MR) is 92.2 cm³/mol. The van der Waals surface area contributed by atoms with E-state index in [0.29, 0.717) is 24.7 Å². The van der Waals surface area contributed by atoms with Gasteiger partial charge < -0.3 is 5.11 Å². The highest BCUT2D eigenvalue weighted by Crippen LogP contribution is 2.67. The Hall–Kier alpha value is -1.21. The zero-order chi connectivity index (χ0) is 18.2. The van der Waals surface area contributed by atoms with Gasteiger partial charge >= 0.3 is 0 Å². The molecule has 4 rings (SSSR count). The summed E-state index contributed by atoms with van der Waals surface area (Å²) in [6.07, 6.45) is 4.89. The monoisotopic (exact) mass is 343 g/mol. The molecule has 1 N–H and O–H groups in total. The van der Waals surface area contributed by atoms with Crippen LogP contribution in [0.3, 0.4) is 0 Å². The summed E-state index contributed by atoms with van der Waals surface area (Å²) in [6.45, 7) is 6.10. The Kier molecular flexibility index (Phi) is 3.55. The zero-order valence-corrected chi connectivity index (χ0v) is 15.5. The molecule has 4 heteroatoms. The topological polar surface area (TPSA) is 78.2 Å². The van der Waals surface area contributed by atoms with E-state index in [1.54, 1.807) is 0 Å². The summed E-state index contributed by atoms with van der Waals surface area (Å²) in [4.78, 5) is 24.8. The molecule has 0 amide bonds. The van der Waals surface area contributed by atoms with Gasteiger partial charge in [-0.25, -0.2) is 0 Å². The molecule has 4 aliphatic rings. The van der Waals surface area contributed by atoms with Gasteiger partial charge in [0.15, 0.2) is 0 Å². The molecule has 4 fully saturated rings. The fourth-order valence-electron chi connectivity index (χ4n) is 7.51. The van der Waals surface area contributed by atoms with Gasteiger partial charge in [0.1, 0.15) is 11.6 Å². The first kappa shape index (κ1) is 17.2. The minimum atomic E-state index is -0.991. The Morgan fingerprint density at radius 1 is 1.12 bits per heavy atom. The van der Waals surface area contributed by atoms with Gasteiger partial charge in [-0.3, -0.25) is 9.59 Å². The molecule has 0 heterocycles. The fourth-order valence-corrected chi connectivity index (χ4v) is 7.51. The van der Waals surface area contributed by atoms with Crippen LogP contribution in [-0.4, -0.2) is 22.3 Å². The molecule has 0 aromatic carbocycles. The molecular weight excluding hydrogens is 314 g/mol. The molecule has 0 saturated heterocycles. The van der Waals surface area contributed by atoms with Gasteiger partial charge in [-0.15, -0.1) is 0 Å². The Morgan fingerprint density at radius 3 is 2.52 bits per heavy atom. The van der Waals surface area contributed by atoms with Gasteiger partial charge in [-0.1, -0.05) is 13.8 Å². The van der Waals surface area contributed by atoms with E-state index in [2.05, 4.69) is 19.9 Å². The standard InChI is InChI=1S/C21H29NO3/c1-19-7-6-16-15(18(19)12(11-22)8-17(19)24)5-4-13-9-14(23)10-20(2,25)21(13,16)3/h12-13,15-16,18,25H,4-10H2,1-3H3/t12-,13-,15+,16-,18-,19+,20+,21-/m0/s1. The lowest BCUT2D eigenvalue weighted by Crippen LogP contribution is -2.63. The maximum atomic E-state index is 12.7. The number of hydrogen-bond acceptors (Lipinski definition) is 4. The third-order valence-corrected chi connectivity index (χ3v) is 8.97. The quantitative estimate of drug-likeness (QED) is 0.732. The van der Waals surface area contributed by atoms with Crippen molar-refractivity contribution in [3.8, 4) is 6.07 Å². The van der Waals surface area contributed by atoms with Gasteiger partial charge in [-0.05, 0) is 56.3 Å². The Morgan fingerprint density at radius 2 is 1.84 bits per heavy atom. The molecule has 0 spiro atoms. The van der Waals surface area contributed by atoms with Crippen LogP contribution in [0.1, 0.15) is 65.7 Å². The normalized spacial score (nSPS) is 55.1. The average molecular weight is 343 g/mol. The summed E-state index contributed by atoms with van der Waals surface area (Å²) >= 11 is 0. The van der Waals surface area contributed by atoms with Crippen molar-refractivity contribution in [3.63, 3.8) is 0 Å². The SMILES string of the molecule is C[C@]12[C@@H](CC[C@H]3[C@@H]4[C@H](C#N)CC(=O)[C@@]4(C)CC[C@@H]31)CC(=O)C[C@@]2(C)O. The molecule has 0 bridgehead atoms. The molecule has 0 unspecified atom stereocenters. The third-order valence-electron chi connectivity index (χ3n) is 8.97. The van der Waals surface area contributed by atoms with Gasteiger partial charge in [0.25, 0.3) is 0 Å². The first-order chi connectivity index (χ1) is 11.6. The number of Topliss-reactive ketones (excluding diaryl/α,β-unsaturated/α-hetero) is 2. The number of nitriles is 1. The Balaban J connectivity index is 1.76. The number of carbonyl (C=O) groups is 2. The smallest absolute Gasteiger partial charge is 0.140 e. The average Bonchev–Trinajstić information content (AvgIpc) is 2.79. The highest BCUT2D eigenvalue weighted by Gasteiger charge is 2.67. The van der Waals surface area contributed by atoms with Crippen molar-refractivity contribution in [2.24, 2.45) is 40.4 Å². The second-order valence-corrected chi connectivity index (χ2v) is 9.87. The van der Waals surface area contributed by atoms with Crippen LogP contribution < -0.4 is 0 Å². The Labute approximate surface area is 150 Å². The molecule has 0 aromatic rings. The van der Waals surface area contributed by atoms with Crippen LogP contribution in [0, 0.1) is 51.8 Å². The van der Waals surface area contributed by atoms with Crippen molar-refractivity contribution in [3.05, 3.63) is 0 Å². The highest BCUT2D eigenvalue weighted by molar-refractivity contribution is 5.88. The molecule has 0 aromatic heterocycles. The Bertz CT molecular complexity index is 677. The van der Waals surface area contributed by atoms with Crippen molar-refractivity contribution in [2.75, 3.05) is 0 Å². The molecule has 25 heavy (non-hydrogen) atoms. The number of carbonyl (C=O) groups excluding carboxylic acids is 2. The summed E-state index contributed by atoms with van der Waals surface area (Å²) in [7, 11) is 0. The first-order valence-corrected chi connectivity index (χ1v) is 9.82. The van der Waals surface area contributed by atoms with E-state index in [1.807, 2.05) is 6.92 Å². The van der Waals surface area contributed by atoms with E-state index in [1.165, 1.54) is 0 Å². The number of fused-ring (bicyclic) bond motifs is 5. The van der Waals surface area contributed by atoms with E-state index in [4.69, 9.17) is 0 Å². The molecule has 4 aliphatic carbocycles. The maximum Gasteiger partial charge on any atom is 0.140 e. The van der Waals surface area contributed by atoms with E-state index >= 15 is 0 Å². The van der Waals surface area contributed by atoms with Crippen molar-refractivity contribution >= 4 is 11.6 Å². The second-order valence-electron chi connectivity index (χ2n) is 9.87. The number of rotatable bonds is 0. The number of hydrogen-bond donors (Lipinski definition) is 1. The molecule has 0 aliphatic heterocycles. The van der Waals surface area contributed by atoms with E-state index in [9.17, 15) is 20.0 Å². The summed E-state index contributed by atoms with van der Waals surface area (Å²) in [5.41, 5.74) is -1.65. The molecule has 0 radical (unpaired) electrons. The van der Waals surface area contributed by atoms with Gasteiger partial charge in [0.05, 0.1) is 17.6 Å². The molecule has 136 valence electrons. The summed E-state index contributed by atoms with van der Waals surface area (Å²) in [6, 6.07) is 2.43. The molecule has 4 saturated carbocycles. The van der Waals surface area contributed by atoms with E-state index in [-0.39, 0.29) is 46.6 Å². The lowest BCUT2D eigenvalue weighted by molar-refractivity contribution is -0.206. The van der Waals surface area contributed by atoms with Crippen molar-refractivity contribution in [1.29, 1.82) is 5.26 Å². The maximum absolute atomic E-state index is 12.7. The summed E-state index contributed by atoms with van der Waals surface area (Å²) < 4.78 is 0. The van der Waals surface area contributed by atoms with Crippen LogP contribution in [0.15, 0.2) is 0 Å². The number of ketones is 2. The minimum absolute atomic E-state index is 0.120. The van der Waals surface area contributed by atoms with Crippen LogP contribution in [0.5, 0.6) is 0 Å². The number of nitrogens with zero attached hydrogens (tertiary/aromatic N) is 1. The zero-order valence-electron chi connectivity index (χ0n) is 15.5. The largest absolute Gasteiger partial charge is 0.389 e. The lowest BCUT2D eigenvalue weighted by atomic mass is 9.41. The summed E-state index contributed by atoms with van der Waals surface area (Å²) in [5.74, 6) is 1.23. The second kappa shape index (κ2) is 5.16. The van der Waals surface area contributed by atoms with Crippen LogP contribution in [0.25, 0.3) is 0 Å². The van der Waals surface area contributed by atoms with Gasteiger partial charge in [0.2, 0.25) is 0 Å². The molecule has 4 nitrogen and oxygen atoms in total. The van der Waals surface area contributed by atoms with E-state index in [0.717, 1.165) is 25.7 Å². The summed E-state index contributed by atoms with van der Waals surface area (Å²) in [5, 5.41) is 20.9. The van der Waals surface area contributed by atoms with Crippen LogP contribution >= 0.6 is 0 Å². The third kappa shape index (κ3) is 2.02. The predicted octanol–water partition coefficient (Wildman–Crippen LogP) is 3.28. The molecular formula is C21H29NO3. The van der Waals surface area contributed by atoms with Gasteiger partial charge in [0, 0.05) is 30.1 Å². The van der Waals surface area contributed by atoms with Crippen molar-refractivity contribution in [2.45, 2.75) is 71.3 Å². The molecule has 8 atom stereocenters. The minimum Gasteiger partial charge on any atom is -0.389 e. The first-order valence-electron chi connectivity index (χ1n) is 9.82. The number of aliphatic hydroxyl groups is 1. The highest BCUT2D eigenvalue weighted by atomic mass is 16.3. The van der Waals surface area contributed by atoms with Crippen molar-refractivity contribution < 1.29 is 14.7 Å². The fraction of sp³-hybridized carbons (Fsp3) is 0.857.